The fourth-order valence-corrected chi connectivity index (χ4v) is 1.72. The van der Waals surface area contributed by atoms with Crippen LogP contribution in [-0.2, 0) is 19.0 Å². The molecule has 0 radical (unpaired) electrons. The van der Waals surface area contributed by atoms with E-state index in [1.54, 1.807) is 0 Å². The first kappa shape index (κ1) is 8.97. The fourth-order valence-electron chi connectivity index (χ4n) is 1.72. The van der Waals surface area contributed by atoms with E-state index in [2.05, 4.69) is 0 Å². The topological polar surface area (TPSA) is 44.8 Å². The molecule has 0 amide bonds. The minimum absolute atomic E-state index is 0.0152. The van der Waals surface area contributed by atoms with Crippen molar-refractivity contribution in [3.8, 4) is 0 Å². The van der Waals surface area contributed by atoms with Gasteiger partial charge in [-0.15, -0.1) is 0 Å². The van der Waals surface area contributed by atoms with Crippen LogP contribution in [0.25, 0.3) is 0 Å². The Morgan fingerprint density at radius 2 is 2.15 bits per heavy atom. The largest absolute Gasteiger partial charge is 0.465 e. The van der Waals surface area contributed by atoms with Gasteiger partial charge in [0.2, 0.25) is 0 Å². The average Bonchev–Trinajstić information content (AvgIpc) is 2.56. The molecule has 2 fully saturated rings. The quantitative estimate of drug-likeness (QED) is 0.565. The molecule has 0 spiro atoms. The predicted octanol–water partition coefficient (Wildman–Crippen LogP) is 0.701. The van der Waals surface area contributed by atoms with Gasteiger partial charge in [-0.1, -0.05) is 0 Å². The lowest BCUT2D eigenvalue weighted by Crippen LogP contribution is -2.26. The van der Waals surface area contributed by atoms with E-state index >= 15 is 0 Å². The molecule has 0 unspecified atom stereocenters. The Bertz CT molecular complexity index is 224. The molecule has 2 saturated heterocycles. The Labute approximate surface area is 77.1 Å². The van der Waals surface area contributed by atoms with Crippen LogP contribution < -0.4 is 0 Å². The highest BCUT2D eigenvalue weighted by molar-refractivity contribution is 5.71. The number of hydrogen-bond donors (Lipinski definition) is 0. The van der Waals surface area contributed by atoms with Crippen LogP contribution in [-0.4, -0.2) is 31.1 Å². The molecule has 0 bridgehead atoms. The van der Waals surface area contributed by atoms with Gasteiger partial charge in [-0.25, -0.2) is 0 Å². The maximum absolute atomic E-state index is 10.9. The highest BCUT2D eigenvalue weighted by Crippen LogP contribution is 2.30. The van der Waals surface area contributed by atoms with Crippen molar-refractivity contribution in [3.05, 3.63) is 0 Å². The van der Waals surface area contributed by atoms with Gasteiger partial charge in [0.05, 0.1) is 25.7 Å². The third kappa shape index (κ3) is 1.84. The lowest BCUT2D eigenvalue weighted by atomic mass is 10.0. The molecule has 0 N–H and O–H groups in total. The van der Waals surface area contributed by atoms with Gasteiger partial charge in [0, 0.05) is 5.92 Å². The van der Waals surface area contributed by atoms with E-state index in [1.165, 1.54) is 0 Å². The molecule has 0 saturated carbocycles. The van der Waals surface area contributed by atoms with Crippen LogP contribution in [0, 0.1) is 5.92 Å². The molecular weight excluding hydrogens is 172 g/mol. The van der Waals surface area contributed by atoms with Crippen LogP contribution in [0.1, 0.15) is 20.3 Å². The second-order valence-electron chi connectivity index (χ2n) is 4.01. The molecule has 2 aliphatic rings. The van der Waals surface area contributed by atoms with E-state index < -0.39 is 5.79 Å². The Morgan fingerprint density at radius 1 is 1.38 bits per heavy atom. The summed E-state index contributed by atoms with van der Waals surface area (Å²) in [5.74, 6) is -0.455. The molecule has 0 aromatic carbocycles. The summed E-state index contributed by atoms with van der Waals surface area (Å²) in [5.41, 5.74) is 0. The van der Waals surface area contributed by atoms with Gasteiger partial charge in [-0.05, 0) is 13.8 Å². The monoisotopic (exact) mass is 186 g/mol. The van der Waals surface area contributed by atoms with Crippen LogP contribution in [0.3, 0.4) is 0 Å². The van der Waals surface area contributed by atoms with E-state index in [0.717, 1.165) is 0 Å². The van der Waals surface area contributed by atoms with E-state index in [4.69, 9.17) is 14.2 Å². The molecule has 2 aliphatic heterocycles. The number of ether oxygens (including phenoxy) is 3. The molecule has 2 rings (SSSR count). The highest BCUT2D eigenvalue weighted by atomic mass is 16.7. The van der Waals surface area contributed by atoms with Gasteiger partial charge in [0.1, 0.15) is 0 Å². The Kier molecular flexibility index (Phi) is 2.04. The fraction of sp³-hybridized carbons (Fsp3) is 0.889. The third-order valence-electron chi connectivity index (χ3n) is 2.44. The number of esters is 1. The summed E-state index contributed by atoms with van der Waals surface area (Å²) in [5, 5.41) is 0. The van der Waals surface area contributed by atoms with E-state index in [9.17, 15) is 4.79 Å². The SMILES string of the molecule is CC1(C)OC[C@H]([C@H]2COC(=O)C2)O1. The molecule has 13 heavy (non-hydrogen) atoms. The zero-order chi connectivity index (χ0) is 9.47. The maximum Gasteiger partial charge on any atom is 0.306 e. The second-order valence-corrected chi connectivity index (χ2v) is 4.01. The number of cyclic esters (lactones) is 1. The van der Waals surface area contributed by atoms with Crippen LogP contribution in [0.15, 0.2) is 0 Å². The van der Waals surface area contributed by atoms with Gasteiger partial charge in [-0.3, -0.25) is 4.79 Å². The van der Waals surface area contributed by atoms with Gasteiger partial charge < -0.3 is 14.2 Å². The summed E-state index contributed by atoms with van der Waals surface area (Å²) in [7, 11) is 0. The summed E-state index contributed by atoms with van der Waals surface area (Å²) in [6, 6.07) is 0. The average molecular weight is 186 g/mol. The minimum Gasteiger partial charge on any atom is -0.465 e. The standard InChI is InChI=1S/C9H14O4/c1-9(2)12-5-7(13-9)6-3-8(10)11-4-6/h6-7H,3-5H2,1-2H3/t6-,7-/m1/s1. The summed E-state index contributed by atoms with van der Waals surface area (Å²) >= 11 is 0. The molecule has 2 atom stereocenters. The molecule has 0 aliphatic carbocycles. The maximum atomic E-state index is 10.9. The van der Waals surface area contributed by atoms with Crippen molar-refractivity contribution >= 4 is 5.97 Å². The Hall–Kier alpha value is -0.610. The number of hydrogen-bond acceptors (Lipinski definition) is 4. The normalized spacial score (nSPS) is 37.8. The number of carbonyl (C=O) groups excluding carboxylic acids is 1. The zero-order valence-corrected chi connectivity index (χ0v) is 7.91. The van der Waals surface area contributed by atoms with Gasteiger partial charge >= 0.3 is 5.97 Å². The van der Waals surface area contributed by atoms with Crippen molar-refractivity contribution < 1.29 is 19.0 Å². The van der Waals surface area contributed by atoms with Crippen molar-refractivity contribution in [1.29, 1.82) is 0 Å². The first-order chi connectivity index (χ1) is 6.07. The van der Waals surface area contributed by atoms with Crippen LogP contribution in [0.2, 0.25) is 0 Å². The third-order valence-corrected chi connectivity index (χ3v) is 2.44. The predicted molar refractivity (Wildman–Crippen MR) is 44.0 cm³/mol. The van der Waals surface area contributed by atoms with Crippen molar-refractivity contribution in [1.82, 2.24) is 0 Å². The van der Waals surface area contributed by atoms with Crippen LogP contribution in [0.5, 0.6) is 0 Å². The summed E-state index contributed by atoms with van der Waals surface area (Å²) in [6.45, 7) is 4.80. The minimum atomic E-state index is -0.504. The number of rotatable bonds is 1. The van der Waals surface area contributed by atoms with E-state index in [0.29, 0.717) is 19.6 Å². The highest BCUT2D eigenvalue weighted by Gasteiger charge is 2.40. The lowest BCUT2D eigenvalue weighted by molar-refractivity contribution is -0.144. The second kappa shape index (κ2) is 2.96. The Morgan fingerprint density at radius 3 is 2.62 bits per heavy atom. The summed E-state index contributed by atoms with van der Waals surface area (Å²) in [6.07, 6.45) is 0.478. The smallest absolute Gasteiger partial charge is 0.306 e. The van der Waals surface area contributed by atoms with Gasteiger partial charge in [-0.2, -0.15) is 0 Å². The van der Waals surface area contributed by atoms with E-state index in [1.807, 2.05) is 13.8 Å². The molecule has 0 aromatic heterocycles. The lowest BCUT2D eigenvalue weighted by Gasteiger charge is -2.18. The zero-order valence-electron chi connectivity index (χ0n) is 7.91. The van der Waals surface area contributed by atoms with E-state index in [-0.39, 0.29) is 18.0 Å². The van der Waals surface area contributed by atoms with Crippen molar-refractivity contribution in [2.45, 2.75) is 32.2 Å². The van der Waals surface area contributed by atoms with Gasteiger partial charge in [0.15, 0.2) is 5.79 Å². The van der Waals surface area contributed by atoms with Crippen molar-refractivity contribution in [3.63, 3.8) is 0 Å². The molecule has 2 heterocycles. The molecular formula is C9H14O4. The molecule has 74 valence electrons. The van der Waals surface area contributed by atoms with Crippen molar-refractivity contribution in [2.75, 3.05) is 13.2 Å². The van der Waals surface area contributed by atoms with Crippen LogP contribution >= 0.6 is 0 Å². The number of carbonyl (C=O) groups is 1. The van der Waals surface area contributed by atoms with Gasteiger partial charge in [0.25, 0.3) is 0 Å². The molecule has 4 nitrogen and oxygen atoms in total. The first-order valence-corrected chi connectivity index (χ1v) is 4.54. The first-order valence-electron chi connectivity index (χ1n) is 4.54. The molecule has 0 aromatic rings. The van der Waals surface area contributed by atoms with Crippen LogP contribution in [0.4, 0.5) is 0 Å². The summed E-state index contributed by atoms with van der Waals surface area (Å²) in [4.78, 5) is 10.9. The van der Waals surface area contributed by atoms with Crippen molar-refractivity contribution in [2.24, 2.45) is 5.92 Å². The summed E-state index contributed by atoms with van der Waals surface area (Å²) < 4.78 is 15.9. The Balaban J connectivity index is 1.93. The molecule has 4 heteroatoms.